The SMILES string of the molecule is CC1(C)c2ccccc2-c2ccc(N(c3ccccc3-c3cccc4oc5c6ccccc6ccc5c34)c3cccc4ccccc34)cc21. The van der Waals surface area contributed by atoms with E-state index in [4.69, 9.17) is 4.42 Å². The largest absolute Gasteiger partial charge is 0.455 e. The maximum atomic E-state index is 6.65. The lowest BCUT2D eigenvalue weighted by Crippen LogP contribution is -2.17. The molecule has 2 heteroatoms. The Labute approximate surface area is 285 Å². The normalized spacial score (nSPS) is 13.3. The molecule has 10 rings (SSSR count). The van der Waals surface area contributed by atoms with Gasteiger partial charge in [0, 0.05) is 38.2 Å². The van der Waals surface area contributed by atoms with E-state index in [0.29, 0.717) is 0 Å². The molecule has 0 amide bonds. The second-order valence-electron chi connectivity index (χ2n) is 13.7. The van der Waals surface area contributed by atoms with Crippen LogP contribution in [-0.4, -0.2) is 0 Å². The van der Waals surface area contributed by atoms with Crippen molar-refractivity contribution in [2.45, 2.75) is 19.3 Å². The lowest BCUT2D eigenvalue weighted by molar-refractivity contribution is 0.660. The van der Waals surface area contributed by atoms with Crippen LogP contribution in [0.25, 0.3) is 65.7 Å². The molecule has 0 bridgehead atoms. The molecule has 0 N–H and O–H groups in total. The molecule has 0 saturated carbocycles. The molecule has 1 aromatic heterocycles. The summed E-state index contributed by atoms with van der Waals surface area (Å²) in [4.78, 5) is 2.47. The van der Waals surface area contributed by atoms with E-state index in [2.05, 4.69) is 183 Å². The number of hydrogen-bond acceptors (Lipinski definition) is 2. The Balaban J connectivity index is 1.26. The average molecular weight is 628 g/mol. The van der Waals surface area contributed by atoms with Crippen LogP contribution in [0.3, 0.4) is 0 Å². The van der Waals surface area contributed by atoms with Crippen molar-refractivity contribution in [1.29, 1.82) is 0 Å². The lowest BCUT2D eigenvalue weighted by Gasteiger charge is -2.30. The fraction of sp³-hybridized carbons (Fsp3) is 0.0638. The fourth-order valence-electron chi connectivity index (χ4n) is 8.32. The molecule has 9 aromatic rings. The first-order valence-electron chi connectivity index (χ1n) is 17.0. The van der Waals surface area contributed by atoms with Crippen molar-refractivity contribution in [3.05, 3.63) is 175 Å². The van der Waals surface area contributed by atoms with Crippen LogP contribution in [-0.2, 0) is 5.41 Å². The molecule has 232 valence electrons. The molecule has 0 unspecified atom stereocenters. The summed E-state index contributed by atoms with van der Waals surface area (Å²) < 4.78 is 6.65. The van der Waals surface area contributed by atoms with E-state index in [1.165, 1.54) is 38.4 Å². The highest BCUT2D eigenvalue weighted by Crippen LogP contribution is 2.52. The van der Waals surface area contributed by atoms with Crippen LogP contribution < -0.4 is 4.90 Å². The van der Waals surface area contributed by atoms with Gasteiger partial charge in [-0.3, -0.25) is 0 Å². The number of rotatable bonds is 4. The van der Waals surface area contributed by atoms with Gasteiger partial charge in [0.15, 0.2) is 0 Å². The van der Waals surface area contributed by atoms with Gasteiger partial charge in [-0.25, -0.2) is 0 Å². The summed E-state index contributed by atoms with van der Waals surface area (Å²) >= 11 is 0. The Kier molecular flexibility index (Phi) is 5.95. The fourth-order valence-corrected chi connectivity index (χ4v) is 8.32. The Morgan fingerprint density at radius 3 is 1.96 bits per heavy atom. The Bertz CT molecular complexity index is 2760. The van der Waals surface area contributed by atoms with E-state index in [-0.39, 0.29) is 5.41 Å². The van der Waals surface area contributed by atoms with Crippen LogP contribution in [0.5, 0.6) is 0 Å². The van der Waals surface area contributed by atoms with Gasteiger partial charge in [-0.1, -0.05) is 141 Å². The number of fused-ring (bicyclic) bond motifs is 9. The number of benzene rings is 8. The predicted octanol–water partition coefficient (Wildman–Crippen LogP) is 13.3. The molecule has 0 atom stereocenters. The zero-order valence-electron chi connectivity index (χ0n) is 27.4. The third kappa shape index (κ3) is 4.07. The summed E-state index contributed by atoms with van der Waals surface area (Å²) in [6.07, 6.45) is 0. The average Bonchev–Trinajstić information content (AvgIpc) is 3.65. The molecular weight excluding hydrogens is 595 g/mol. The van der Waals surface area contributed by atoms with Gasteiger partial charge in [0.25, 0.3) is 0 Å². The van der Waals surface area contributed by atoms with Crippen LogP contribution >= 0.6 is 0 Å². The van der Waals surface area contributed by atoms with Crippen molar-refractivity contribution in [1.82, 2.24) is 0 Å². The molecule has 0 spiro atoms. The van der Waals surface area contributed by atoms with Gasteiger partial charge in [0.05, 0.1) is 11.4 Å². The van der Waals surface area contributed by atoms with Crippen LogP contribution in [0.15, 0.2) is 168 Å². The van der Waals surface area contributed by atoms with Crippen molar-refractivity contribution < 1.29 is 4.42 Å². The molecule has 2 nitrogen and oxygen atoms in total. The van der Waals surface area contributed by atoms with Crippen molar-refractivity contribution >= 4 is 60.5 Å². The van der Waals surface area contributed by atoms with Crippen LogP contribution in [0, 0.1) is 0 Å². The van der Waals surface area contributed by atoms with E-state index in [0.717, 1.165) is 55.5 Å². The minimum atomic E-state index is -0.115. The van der Waals surface area contributed by atoms with E-state index < -0.39 is 0 Å². The molecule has 1 heterocycles. The van der Waals surface area contributed by atoms with E-state index >= 15 is 0 Å². The van der Waals surface area contributed by atoms with Gasteiger partial charge >= 0.3 is 0 Å². The smallest absolute Gasteiger partial charge is 0.143 e. The molecule has 0 saturated heterocycles. The zero-order chi connectivity index (χ0) is 32.7. The number of para-hydroxylation sites is 1. The molecule has 1 aliphatic carbocycles. The minimum absolute atomic E-state index is 0.115. The monoisotopic (exact) mass is 627 g/mol. The van der Waals surface area contributed by atoms with Crippen molar-refractivity contribution in [2.24, 2.45) is 0 Å². The Morgan fingerprint density at radius 1 is 0.449 bits per heavy atom. The highest BCUT2D eigenvalue weighted by Gasteiger charge is 2.36. The standard InChI is InChI=1S/C47H33NO/c1-47(2)40-21-9-7-18-35(40)36-28-26-32(29-41(36)47)48(42-23-11-15-30-13-3-5-16-33(30)42)43-22-10-8-19-37(43)38-20-12-24-44-45(38)39-27-25-31-14-4-6-17-34(31)46(39)49-44/h3-29H,1-2H3. The first kappa shape index (κ1) is 27.9. The van der Waals surface area contributed by atoms with Crippen LogP contribution in [0.4, 0.5) is 17.1 Å². The van der Waals surface area contributed by atoms with Crippen molar-refractivity contribution in [2.75, 3.05) is 4.90 Å². The van der Waals surface area contributed by atoms with Crippen molar-refractivity contribution in [3.63, 3.8) is 0 Å². The van der Waals surface area contributed by atoms with Gasteiger partial charge in [-0.2, -0.15) is 0 Å². The maximum Gasteiger partial charge on any atom is 0.143 e. The molecule has 49 heavy (non-hydrogen) atoms. The lowest BCUT2D eigenvalue weighted by atomic mass is 9.82. The molecule has 1 aliphatic rings. The molecule has 0 aliphatic heterocycles. The summed E-state index contributed by atoms with van der Waals surface area (Å²) in [5, 5.41) is 7.01. The van der Waals surface area contributed by atoms with Gasteiger partial charge in [-0.05, 0) is 75.0 Å². The first-order chi connectivity index (χ1) is 24.1. The van der Waals surface area contributed by atoms with E-state index in [1.54, 1.807) is 0 Å². The van der Waals surface area contributed by atoms with Gasteiger partial charge in [0.1, 0.15) is 11.2 Å². The molecular formula is C47H33NO. The van der Waals surface area contributed by atoms with E-state index in [9.17, 15) is 0 Å². The second kappa shape index (κ2) is 10.4. The Hall–Kier alpha value is -6.12. The maximum absolute atomic E-state index is 6.65. The van der Waals surface area contributed by atoms with E-state index in [1.807, 2.05) is 0 Å². The molecule has 0 fully saturated rings. The molecule has 8 aromatic carbocycles. The highest BCUT2D eigenvalue weighted by molar-refractivity contribution is 6.20. The zero-order valence-corrected chi connectivity index (χ0v) is 27.4. The van der Waals surface area contributed by atoms with Crippen LogP contribution in [0.2, 0.25) is 0 Å². The summed E-state index contributed by atoms with van der Waals surface area (Å²) in [5.74, 6) is 0. The summed E-state index contributed by atoms with van der Waals surface area (Å²) in [6, 6.07) is 59.5. The van der Waals surface area contributed by atoms with Gasteiger partial charge in [0.2, 0.25) is 0 Å². The highest BCUT2D eigenvalue weighted by atomic mass is 16.3. The third-order valence-electron chi connectivity index (χ3n) is 10.7. The number of anilines is 3. The second-order valence-corrected chi connectivity index (χ2v) is 13.7. The van der Waals surface area contributed by atoms with Crippen LogP contribution in [0.1, 0.15) is 25.0 Å². The summed E-state index contributed by atoms with van der Waals surface area (Å²) in [5.41, 5.74) is 12.8. The number of furan rings is 1. The molecule has 0 radical (unpaired) electrons. The summed E-state index contributed by atoms with van der Waals surface area (Å²) in [7, 11) is 0. The first-order valence-corrected chi connectivity index (χ1v) is 17.0. The number of hydrogen-bond donors (Lipinski definition) is 0. The Morgan fingerprint density at radius 2 is 1.08 bits per heavy atom. The third-order valence-corrected chi connectivity index (χ3v) is 10.7. The van der Waals surface area contributed by atoms with Gasteiger partial charge in [-0.15, -0.1) is 0 Å². The van der Waals surface area contributed by atoms with Gasteiger partial charge < -0.3 is 9.32 Å². The topological polar surface area (TPSA) is 16.4 Å². The quantitative estimate of drug-likeness (QED) is 0.193. The summed E-state index contributed by atoms with van der Waals surface area (Å²) in [6.45, 7) is 4.71. The minimum Gasteiger partial charge on any atom is -0.455 e. The number of nitrogens with zero attached hydrogens (tertiary/aromatic N) is 1. The van der Waals surface area contributed by atoms with Crippen molar-refractivity contribution in [3.8, 4) is 22.3 Å². The predicted molar refractivity (Wildman–Crippen MR) is 206 cm³/mol.